The number of hydrogen-bond acceptors (Lipinski definition) is 8. The molecular formula is C18H29N3O8S. The molecule has 11 nitrogen and oxygen atoms in total. The van der Waals surface area contributed by atoms with Gasteiger partial charge in [-0.15, -0.1) is 0 Å². The van der Waals surface area contributed by atoms with E-state index >= 15 is 0 Å². The van der Waals surface area contributed by atoms with Gasteiger partial charge in [0.1, 0.15) is 5.60 Å². The predicted octanol–water partition coefficient (Wildman–Crippen LogP) is 1.77. The van der Waals surface area contributed by atoms with Gasteiger partial charge in [-0.3, -0.25) is 10.1 Å². The Labute approximate surface area is 176 Å². The van der Waals surface area contributed by atoms with Crippen LogP contribution in [0.3, 0.4) is 0 Å². The average molecular weight is 448 g/mol. The van der Waals surface area contributed by atoms with E-state index in [1.54, 1.807) is 20.8 Å². The van der Waals surface area contributed by atoms with E-state index in [1.807, 2.05) is 0 Å². The van der Waals surface area contributed by atoms with Crippen molar-refractivity contribution in [3.05, 3.63) is 34.4 Å². The molecule has 170 valence electrons. The van der Waals surface area contributed by atoms with Crippen molar-refractivity contribution in [2.45, 2.75) is 31.3 Å². The van der Waals surface area contributed by atoms with Crippen molar-refractivity contribution < 1.29 is 32.3 Å². The number of benzene rings is 1. The van der Waals surface area contributed by atoms with Crippen LogP contribution in [0.25, 0.3) is 0 Å². The summed E-state index contributed by atoms with van der Waals surface area (Å²) in [6.45, 7) is 6.46. The summed E-state index contributed by atoms with van der Waals surface area (Å²) in [5.41, 5.74) is -1.04. The molecule has 0 spiro atoms. The summed E-state index contributed by atoms with van der Waals surface area (Å²) in [7, 11) is -2.68. The van der Waals surface area contributed by atoms with E-state index in [1.165, 1.54) is 25.2 Å². The number of nitro benzene ring substituents is 1. The largest absolute Gasteiger partial charge is 0.444 e. The first-order valence-corrected chi connectivity index (χ1v) is 10.7. The molecule has 0 atom stereocenters. The maximum absolute atomic E-state index is 12.5. The first-order valence-electron chi connectivity index (χ1n) is 9.27. The molecule has 1 N–H and O–H groups in total. The van der Waals surface area contributed by atoms with Crippen molar-refractivity contribution in [1.29, 1.82) is 0 Å². The zero-order valence-corrected chi connectivity index (χ0v) is 18.4. The summed E-state index contributed by atoms with van der Waals surface area (Å²) in [6, 6.07) is 5.18. The first kappa shape index (κ1) is 25.8. The van der Waals surface area contributed by atoms with Gasteiger partial charge in [0.25, 0.3) is 5.69 Å². The Bertz CT molecular complexity index is 808. The van der Waals surface area contributed by atoms with E-state index in [-0.39, 0.29) is 44.4 Å². The molecule has 0 saturated heterocycles. The Morgan fingerprint density at radius 3 is 2.33 bits per heavy atom. The molecule has 0 aromatic heterocycles. The maximum atomic E-state index is 12.5. The Balaban J connectivity index is 2.26. The molecule has 1 aromatic rings. The number of nitrogens with one attached hydrogen (secondary N) is 1. The van der Waals surface area contributed by atoms with E-state index in [2.05, 4.69) is 5.32 Å². The summed E-state index contributed by atoms with van der Waals surface area (Å²) in [4.78, 5) is 21.4. The second-order valence-corrected chi connectivity index (χ2v) is 9.22. The molecule has 1 amide bonds. The van der Waals surface area contributed by atoms with Crippen molar-refractivity contribution in [2.24, 2.45) is 0 Å². The summed E-state index contributed by atoms with van der Waals surface area (Å²) in [6.07, 6.45) is -0.523. The Morgan fingerprint density at radius 2 is 1.73 bits per heavy atom. The monoisotopic (exact) mass is 447 g/mol. The van der Waals surface area contributed by atoms with Crippen molar-refractivity contribution in [3.8, 4) is 0 Å². The van der Waals surface area contributed by atoms with E-state index < -0.39 is 32.3 Å². The number of hydrogen-bond donors (Lipinski definition) is 1. The standard InChI is InChI=1S/C18H29N3O8S/c1-18(2,3)29-17(22)19-9-11-27-13-14-28-12-10-20(4)30(25,26)16-8-6-5-7-15(16)21(23)24/h5-8H,9-14H2,1-4H3,(H,19,22). The maximum Gasteiger partial charge on any atom is 0.407 e. The predicted molar refractivity (Wildman–Crippen MR) is 109 cm³/mol. The molecule has 0 saturated carbocycles. The third-order valence-electron chi connectivity index (χ3n) is 3.59. The van der Waals surface area contributed by atoms with Crippen molar-refractivity contribution >= 4 is 21.8 Å². The van der Waals surface area contributed by atoms with Crippen molar-refractivity contribution in [3.63, 3.8) is 0 Å². The SMILES string of the molecule is CN(CCOCCOCCNC(=O)OC(C)(C)C)S(=O)(=O)c1ccccc1[N+](=O)[O-]. The fourth-order valence-electron chi connectivity index (χ4n) is 2.17. The number of ether oxygens (including phenoxy) is 3. The Hall–Kier alpha value is -2.28. The van der Waals surface area contributed by atoms with Crippen molar-refractivity contribution in [1.82, 2.24) is 9.62 Å². The van der Waals surface area contributed by atoms with Crippen LogP contribution in [0, 0.1) is 10.1 Å². The quantitative estimate of drug-likeness (QED) is 0.291. The number of amides is 1. The zero-order chi connectivity index (χ0) is 22.8. The summed E-state index contributed by atoms with van der Waals surface area (Å²) >= 11 is 0. The molecule has 0 bridgehead atoms. The molecule has 0 aliphatic heterocycles. The smallest absolute Gasteiger partial charge is 0.407 e. The number of sulfonamides is 1. The lowest BCUT2D eigenvalue weighted by Crippen LogP contribution is -2.34. The normalized spacial score (nSPS) is 12.0. The highest BCUT2D eigenvalue weighted by Gasteiger charge is 2.28. The second-order valence-electron chi connectivity index (χ2n) is 7.20. The lowest BCUT2D eigenvalue weighted by Gasteiger charge is -2.19. The number of alkyl carbamates (subject to hydrolysis) is 1. The molecule has 1 aromatic carbocycles. The molecule has 0 aliphatic rings. The highest BCUT2D eigenvalue weighted by molar-refractivity contribution is 7.89. The third-order valence-corrected chi connectivity index (χ3v) is 5.49. The summed E-state index contributed by atoms with van der Waals surface area (Å²) in [5.74, 6) is 0. The Kier molecular flexibility index (Phi) is 10.1. The van der Waals surface area contributed by atoms with E-state index in [0.717, 1.165) is 10.4 Å². The number of para-hydroxylation sites is 1. The van der Waals surface area contributed by atoms with Gasteiger partial charge < -0.3 is 19.5 Å². The molecule has 0 aliphatic carbocycles. The molecule has 0 unspecified atom stereocenters. The molecular weight excluding hydrogens is 418 g/mol. The molecule has 30 heavy (non-hydrogen) atoms. The van der Waals surface area contributed by atoms with Gasteiger partial charge in [-0.1, -0.05) is 12.1 Å². The fraction of sp³-hybridized carbons (Fsp3) is 0.611. The van der Waals surface area contributed by atoms with Crippen LogP contribution in [-0.4, -0.2) is 75.9 Å². The van der Waals surface area contributed by atoms with E-state index in [0.29, 0.717) is 0 Å². The van der Waals surface area contributed by atoms with Crippen LogP contribution < -0.4 is 5.32 Å². The van der Waals surface area contributed by atoms with Gasteiger partial charge in [0.15, 0.2) is 4.90 Å². The highest BCUT2D eigenvalue weighted by Crippen LogP contribution is 2.25. The molecule has 0 fully saturated rings. The zero-order valence-electron chi connectivity index (χ0n) is 17.6. The highest BCUT2D eigenvalue weighted by atomic mass is 32.2. The minimum Gasteiger partial charge on any atom is -0.444 e. The van der Waals surface area contributed by atoms with Crippen LogP contribution in [-0.2, 0) is 24.2 Å². The van der Waals surface area contributed by atoms with Crippen LogP contribution in [0.5, 0.6) is 0 Å². The average Bonchev–Trinajstić information content (AvgIpc) is 2.64. The molecule has 12 heteroatoms. The minimum absolute atomic E-state index is 0.0224. The lowest BCUT2D eigenvalue weighted by molar-refractivity contribution is -0.387. The van der Waals surface area contributed by atoms with Gasteiger partial charge in [0, 0.05) is 26.2 Å². The lowest BCUT2D eigenvalue weighted by atomic mass is 10.2. The van der Waals surface area contributed by atoms with Crippen molar-refractivity contribution in [2.75, 3.05) is 46.6 Å². The topological polar surface area (TPSA) is 137 Å². The summed E-state index contributed by atoms with van der Waals surface area (Å²) in [5, 5.41) is 13.6. The van der Waals surface area contributed by atoms with Gasteiger partial charge in [0.05, 0.1) is 31.4 Å². The number of carbonyl (C=O) groups is 1. The number of nitro groups is 1. The van der Waals surface area contributed by atoms with Crippen LogP contribution in [0.2, 0.25) is 0 Å². The Morgan fingerprint density at radius 1 is 1.13 bits per heavy atom. The van der Waals surface area contributed by atoms with Crippen LogP contribution >= 0.6 is 0 Å². The number of rotatable bonds is 12. The van der Waals surface area contributed by atoms with Gasteiger partial charge in [-0.2, -0.15) is 4.31 Å². The van der Waals surface area contributed by atoms with Gasteiger partial charge in [0.2, 0.25) is 10.0 Å². The second kappa shape index (κ2) is 11.8. The minimum atomic E-state index is -4.01. The van der Waals surface area contributed by atoms with Gasteiger partial charge in [-0.05, 0) is 26.8 Å². The first-order chi connectivity index (χ1) is 13.9. The van der Waals surface area contributed by atoms with Crippen LogP contribution in [0.4, 0.5) is 10.5 Å². The molecule has 1 rings (SSSR count). The van der Waals surface area contributed by atoms with Gasteiger partial charge in [-0.25, -0.2) is 13.2 Å². The van der Waals surface area contributed by atoms with Gasteiger partial charge >= 0.3 is 6.09 Å². The van der Waals surface area contributed by atoms with Crippen LogP contribution in [0.15, 0.2) is 29.2 Å². The summed E-state index contributed by atoms with van der Waals surface area (Å²) < 4.78 is 41.8. The fourth-order valence-corrected chi connectivity index (χ4v) is 3.48. The van der Waals surface area contributed by atoms with E-state index in [9.17, 15) is 23.3 Å². The number of carbonyl (C=O) groups excluding carboxylic acids is 1. The molecule has 0 heterocycles. The number of nitrogens with zero attached hydrogens (tertiary/aromatic N) is 2. The third kappa shape index (κ3) is 9.03. The number of likely N-dealkylation sites (N-methyl/N-ethyl adjacent to an activating group) is 1. The van der Waals surface area contributed by atoms with Crippen LogP contribution in [0.1, 0.15) is 20.8 Å². The molecule has 0 radical (unpaired) electrons. The van der Waals surface area contributed by atoms with E-state index in [4.69, 9.17) is 14.2 Å².